The van der Waals surface area contributed by atoms with Gasteiger partial charge in [-0.3, -0.25) is 9.59 Å². The second-order valence-corrected chi connectivity index (χ2v) is 9.88. The molecule has 0 bridgehead atoms. The Bertz CT molecular complexity index is 1620. The van der Waals surface area contributed by atoms with Gasteiger partial charge in [-0.2, -0.15) is 0 Å². The van der Waals surface area contributed by atoms with Crippen molar-refractivity contribution >= 4 is 16.8 Å². The van der Waals surface area contributed by atoms with Gasteiger partial charge in [0.05, 0.1) is 11.3 Å². The third kappa shape index (κ3) is 5.17. The number of nitrogens with one attached hydrogen (secondary N) is 2. The number of rotatable bonds is 8. The van der Waals surface area contributed by atoms with Crippen molar-refractivity contribution in [3.8, 4) is 33.5 Å². The van der Waals surface area contributed by atoms with Crippen molar-refractivity contribution in [3.05, 3.63) is 107 Å². The van der Waals surface area contributed by atoms with Gasteiger partial charge in [0.1, 0.15) is 0 Å². The molecule has 0 aliphatic heterocycles. The summed E-state index contributed by atoms with van der Waals surface area (Å²) in [5.74, 6) is -0.0173. The first-order chi connectivity index (χ1) is 18.4. The van der Waals surface area contributed by atoms with Crippen LogP contribution in [0.1, 0.15) is 16.8 Å². The predicted octanol–water partition coefficient (Wildman–Crippen LogP) is 5.88. The Kier molecular flexibility index (Phi) is 7.24. The summed E-state index contributed by atoms with van der Waals surface area (Å²) in [6.45, 7) is 1.60. The number of aromatic amines is 2. The van der Waals surface area contributed by atoms with E-state index in [1.807, 2.05) is 69.7 Å². The van der Waals surface area contributed by atoms with Crippen LogP contribution >= 0.6 is 0 Å². The Morgan fingerprint density at radius 3 is 2.21 bits per heavy atom. The van der Waals surface area contributed by atoms with Gasteiger partial charge in [-0.25, -0.2) is 0 Å². The zero-order valence-corrected chi connectivity index (χ0v) is 22.0. The summed E-state index contributed by atoms with van der Waals surface area (Å²) in [5.41, 5.74) is 6.75. The molecule has 0 spiro atoms. The lowest BCUT2D eigenvalue weighted by molar-refractivity contribution is 0.0791. The summed E-state index contributed by atoms with van der Waals surface area (Å²) in [7, 11) is 5.91. The summed E-state index contributed by atoms with van der Waals surface area (Å²) in [4.78, 5) is 36.2. The van der Waals surface area contributed by atoms with E-state index in [9.17, 15) is 9.59 Å². The molecule has 0 unspecified atom stereocenters. The molecule has 6 heteroatoms. The number of H-pyrrole nitrogens is 2. The van der Waals surface area contributed by atoms with Crippen molar-refractivity contribution in [2.45, 2.75) is 6.42 Å². The van der Waals surface area contributed by atoms with E-state index < -0.39 is 0 Å². The van der Waals surface area contributed by atoms with Gasteiger partial charge >= 0.3 is 0 Å². The molecule has 0 saturated carbocycles. The molecular formula is C32H32N4O2. The third-order valence-corrected chi connectivity index (χ3v) is 6.86. The maximum absolute atomic E-state index is 13.3. The lowest BCUT2D eigenvalue weighted by Gasteiger charge is -2.18. The van der Waals surface area contributed by atoms with Crippen molar-refractivity contribution in [2.75, 3.05) is 34.2 Å². The van der Waals surface area contributed by atoms with E-state index >= 15 is 0 Å². The van der Waals surface area contributed by atoms with Crippen LogP contribution in [0, 0.1) is 0 Å². The Morgan fingerprint density at radius 2 is 1.50 bits per heavy atom. The normalized spacial score (nSPS) is 11.3. The number of carbonyl (C=O) groups excluding carboxylic acids is 1. The second kappa shape index (κ2) is 10.9. The minimum Gasteiger partial charge on any atom is -0.354 e. The van der Waals surface area contributed by atoms with Gasteiger partial charge in [0.2, 0.25) is 0 Å². The maximum Gasteiger partial charge on any atom is 0.257 e. The van der Waals surface area contributed by atoms with Crippen molar-refractivity contribution in [1.82, 2.24) is 19.8 Å². The quantitative estimate of drug-likeness (QED) is 0.277. The van der Waals surface area contributed by atoms with Crippen LogP contribution in [0.3, 0.4) is 0 Å². The highest BCUT2D eigenvalue weighted by Gasteiger charge is 2.20. The lowest BCUT2D eigenvalue weighted by Crippen LogP contribution is -2.29. The summed E-state index contributed by atoms with van der Waals surface area (Å²) in [6.07, 6.45) is 2.54. The molecule has 5 aromatic rings. The molecular weight excluding hydrogens is 472 g/mol. The highest BCUT2D eigenvalue weighted by atomic mass is 16.2. The number of carbonyl (C=O) groups is 1. The Hall–Kier alpha value is -4.42. The standard InChI is InChI=1S/C32H32N4O2/c1-35(2)19-8-20-36(3)32(38)25-16-17-28-27(21-25)29(30(34-28)26-11-7-18-33-31(26)37)24-14-12-23(13-15-24)22-9-5-4-6-10-22/h4-7,9-18,21,34H,8,19-20H2,1-3H3,(H,33,37). The fourth-order valence-electron chi connectivity index (χ4n) is 4.85. The highest BCUT2D eigenvalue weighted by Crippen LogP contribution is 2.38. The summed E-state index contributed by atoms with van der Waals surface area (Å²) >= 11 is 0. The molecule has 1 amide bonds. The molecule has 192 valence electrons. The first-order valence-corrected chi connectivity index (χ1v) is 12.8. The largest absolute Gasteiger partial charge is 0.354 e. The van der Waals surface area contributed by atoms with E-state index in [1.54, 1.807) is 11.1 Å². The first-order valence-electron chi connectivity index (χ1n) is 12.8. The van der Waals surface area contributed by atoms with Crippen LogP contribution in [0.4, 0.5) is 0 Å². The summed E-state index contributed by atoms with van der Waals surface area (Å²) in [5, 5.41) is 0.906. The minimum atomic E-state index is -0.168. The van der Waals surface area contributed by atoms with Crippen molar-refractivity contribution in [3.63, 3.8) is 0 Å². The number of hydrogen-bond acceptors (Lipinski definition) is 3. The molecule has 0 atom stereocenters. The number of benzene rings is 3. The van der Waals surface area contributed by atoms with Gasteiger partial charge in [0.25, 0.3) is 11.5 Å². The summed E-state index contributed by atoms with van der Waals surface area (Å²) in [6, 6.07) is 27.9. The number of nitrogens with zero attached hydrogens (tertiary/aromatic N) is 2. The van der Waals surface area contributed by atoms with Crippen LogP contribution in [0.25, 0.3) is 44.4 Å². The molecule has 2 aromatic heterocycles. The van der Waals surface area contributed by atoms with Gasteiger partial charge in [0, 0.05) is 41.8 Å². The number of pyridine rings is 1. The van der Waals surface area contributed by atoms with Gasteiger partial charge in [-0.1, -0.05) is 54.6 Å². The van der Waals surface area contributed by atoms with Crippen LogP contribution in [-0.2, 0) is 0 Å². The van der Waals surface area contributed by atoms with Crippen LogP contribution in [0.15, 0.2) is 95.9 Å². The minimum absolute atomic E-state index is 0.0173. The highest BCUT2D eigenvalue weighted by molar-refractivity contribution is 6.07. The molecule has 2 heterocycles. The topological polar surface area (TPSA) is 72.2 Å². The lowest BCUT2D eigenvalue weighted by atomic mass is 9.96. The molecule has 0 fully saturated rings. The van der Waals surface area contributed by atoms with E-state index in [4.69, 9.17) is 0 Å². The fraction of sp³-hybridized carbons (Fsp3) is 0.188. The van der Waals surface area contributed by atoms with Gasteiger partial charge in [-0.05, 0) is 74.1 Å². The second-order valence-electron chi connectivity index (χ2n) is 9.88. The van der Waals surface area contributed by atoms with E-state index in [0.29, 0.717) is 17.7 Å². The van der Waals surface area contributed by atoms with Gasteiger partial charge < -0.3 is 19.8 Å². The molecule has 0 aliphatic rings. The van der Waals surface area contributed by atoms with Crippen molar-refractivity contribution in [1.29, 1.82) is 0 Å². The van der Waals surface area contributed by atoms with E-state index in [2.05, 4.69) is 51.3 Å². The predicted molar refractivity (Wildman–Crippen MR) is 155 cm³/mol. The Labute approximate surface area is 222 Å². The molecule has 3 aromatic carbocycles. The SMILES string of the molecule is CN(C)CCCN(C)C(=O)c1ccc2[nH]c(-c3ccc[nH]c3=O)c(-c3ccc(-c4ccccc4)cc3)c2c1. The number of aromatic nitrogens is 2. The zero-order chi connectivity index (χ0) is 26.6. The fourth-order valence-corrected chi connectivity index (χ4v) is 4.85. The van der Waals surface area contributed by atoms with E-state index in [-0.39, 0.29) is 11.5 Å². The monoisotopic (exact) mass is 504 g/mol. The molecule has 2 N–H and O–H groups in total. The van der Waals surface area contributed by atoms with E-state index in [0.717, 1.165) is 51.8 Å². The zero-order valence-electron chi connectivity index (χ0n) is 22.0. The molecule has 0 radical (unpaired) electrons. The van der Waals surface area contributed by atoms with Crippen molar-refractivity contribution in [2.24, 2.45) is 0 Å². The molecule has 0 aliphatic carbocycles. The smallest absolute Gasteiger partial charge is 0.257 e. The molecule has 0 saturated heterocycles. The van der Waals surface area contributed by atoms with E-state index in [1.165, 1.54) is 0 Å². The molecule has 6 nitrogen and oxygen atoms in total. The maximum atomic E-state index is 13.3. The summed E-state index contributed by atoms with van der Waals surface area (Å²) < 4.78 is 0. The third-order valence-electron chi connectivity index (χ3n) is 6.86. The van der Waals surface area contributed by atoms with Crippen molar-refractivity contribution < 1.29 is 4.79 Å². The van der Waals surface area contributed by atoms with Crippen LogP contribution in [-0.4, -0.2) is 59.9 Å². The Balaban J connectivity index is 1.59. The van der Waals surface area contributed by atoms with Crippen LogP contribution in [0.5, 0.6) is 0 Å². The number of amides is 1. The van der Waals surface area contributed by atoms with Crippen LogP contribution < -0.4 is 5.56 Å². The molecule has 5 rings (SSSR count). The van der Waals surface area contributed by atoms with Crippen LogP contribution in [0.2, 0.25) is 0 Å². The first kappa shape index (κ1) is 25.2. The number of hydrogen-bond donors (Lipinski definition) is 2. The average molecular weight is 505 g/mol. The number of fused-ring (bicyclic) bond motifs is 1. The molecule has 38 heavy (non-hydrogen) atoms. The van der Waals surface area contributed by atoms with Gasteiger partial charge in [-0.15, -0.1) is 0 Å². The average Bonchev–Trinajstić information content (AvgIpc) is 3.31. The Morgan fingerprint density at radius 1 is 0.789 bits per heavy atom. The van der Waals surface area contributed by atoms with Gasteiger partial charge in [0.15, 0.2) is 0 Å².